The maximum Gasteiger partial charge on any atom is 0.165 e. The van der Waals surface area contributed by atoms with Crippen LogP contribution in [0, 0.1) is 10.8 Å². The third-order valence-electron chi connectivity index (χ3n) is 5.59. The Labute approximate surface area is 165 Å². The summed E-state index contributed by atoms with van der Waals surface area (Å²) in [4.78, 5) is 31.1. The fourth-order valence-electron chi connectivity index (χ4n) is 4.56. The zero-order valence-corrected chi connectivity index (χ0v) is 17.0. The number of nitrogens with zero attached hydrogens (tertiary/aromatic N) is 1. The molecule has 0 atom stereocenters. The zero-order valence-electron chi connectivity index (χ0n) is 16.3. The van der Waals surface area contributed by atoms with Crippen LogP contribution in [0.5, 0.6) is 0 Å². The van der Waals surface area contributed by atoms with Crippen molar-refractivity contribution in [1.82, 2.24) is 4.98 Å². The van der Waals surface area contributed by atoms with E-state index < -0.39 is 0 Å². The van der Waals surface area contributed by atoms with Crippen LogP contribution in [0.15, 0.2) is 24.3 Å². The van der Waals surface area contributed by atoms with Crippen LogP contribution >= 0.6 is 11.6 Å². The van der Waals surface area contributed by atoms with Crippen molar-refractivity contribution in [1.29, 1.82) is 0 Å². The molecule has 2 aliphatic rings. The second kappa shape index (κ2) is 6.00. The number of carbonyl (C=O) groups is 2. The van der Waals surface area contributed by atoms with Gasteiger partial charge in [-0.25, -0.2) is 0 Å². The van der Waals surface area contributed by atoms with Crippen LogP contribution < -0.4 is 0 Å². The molecule has 0 saturated heterocycles. The van der Waals surface area contributed by atoms with Gasteiger partial charge in [-0.1, -0.05) is 51.4 Å². The fraction of sp³-hybridized carbons (Fsp3) is 0.435. The van der Waals surface area contributed by atoms with E-state index in [4.69, 9.17) is 16.6 Å². The van der Waals surface area contributed by atoms with Crippen LogP contribution in [0.3, 0.4) is 0 Å². The van der Waals surface area contributed by atoms with Gasteiger partial charge in [-0.05, 0) is 41.4 Å². The van der Waals surface area contributed by atoms with Gasteiger partial charge in [-0.3, -0.25) is 14.6 Å². The van der Waals surface area contributed by atoms with Gasteiger partial charge >= 0.3 is 0 Å². The highest BCUT2D eigenvalue weighted by Crippen LogP contribution is 2.45. The number of rotatable bonds is 1. The van der Waals surface area contributed by atoms with Crippen molar-refractivity contribution in [3.8, 4) is 11.1 Å². The quantitative estimate of drug-likeness (QED) is 0.635. The largest absolute Gasteiger partial charge is 0.294 e. The van der Waals surface area contributed by atoms with Gasteiger partial charge in [-0.15, -0.1) is 0 Å². The molecule has 27 heavy (non-hydrogen) atoms. The summed E-state index contributed by atoms with van der Waals surface area (Å²) in [7, 11) is 0. The lowest BCUT2D eigenvalue weighted by Gasteiger charge is -2.35. The number of benzene rings is 1. The molecule has 0 amide bonds. The van der Waals surface area contributed by atoms with Crippen molar-refractivity contribution in [3.05, 3.63) is 51.8 Å². The average Bonchev–Trinajstić information content (AvgIpc) is 2.50. The summed E-state index contributed by atoms with van der Waals surface area (Å²) in [5, 5.41) is 0.596. The second-order valence-electron chi connectivity index (χ2n) is 9.52. The van der Waals surface area contributed by atoms with E-state index in [2.05, 4.69) is 27.7 Å². The molecule has 0 N–H and O–H groups in total. The van der Waals surface area contributed by atoms with Gasteiger partial charge in [0.15, 0.2) is 11.6 Å². The molecule has 2 aromatic rings. The van der Waals surface area contributed by atoms with Crippen molar-refractivity contribution in [3.63, 3.8) is 0 Å². The topological polar surface area (TPSA) is 47.0 Å². The predicted octanol–water partition coefficient (Wildman–Crippen LogP) is 5.71. The molecular weight excluding hydrogens is 358 g/mol. The first-order chi connectivity index (χ1) is 12.6. The standard InChI is InChI=1S/C23H24ClNO2/c1-22(2)9-15-20(17(26)11-22)19(13-6-5-7-14(24)8-13)21-16(25-15)10-23(3,4)12-18(21)27/h5-8H,9-12H2,1-4H3. The Morgan fingerprint density at radius 3 is 1.81 bits per heavy atom. The Balaban J connectivity index is 2.07. The third-order valence-corrected chi connectivity index (χ3v) is 5.82. The average molecular weight is 382 g/mol. The van der Waals surface area contributed by atoms with Gasteiger partial charge in [0.25, 0.3) is 0 Å². The van der Waals surface area contributed by atoms with Gasteiger partial charge in [0, 0.05) is 34.6 Å². The summed E-state index contributed by atoms with van der Waals surface area (Å²) >= 11 is 6.24. The maximum absolute atomic E-state index is 13.1. The van der Waals surface area contributed by atoms with Gasteiger partial charge < -0.3 is 0 Å². The summed E-state index contributed by atoms with van der Waals surface area (Å²) in [5.41, 5.74) is 4.26. The van der Waals surface area contributed by atoms with Crippen molar-refractivity contribution in [2.24, 2.45) is 10.8 Å². The SMILES string of the molecule is CC1(C)CC(=O)c2c(nc3c(c2-c2cccc(Cl)c2)C(=O)CC(C)(C)C3)C1. The summed E-state index contributed by atoms with van der Waals surface area (Å²) in [5.74, 6) is 0.147. The molecule has 4 rings (SSSR count). The lowest BCUT2D eigenvalue weighted by Crippen LogP contribution is -2.33. The van der Waals surface area contributed by atoms with Crippen LogP contribution in [0.1, 0.15) is 72.6 Å². The van der Waals surface area contributed by atoms with E-state index in [0.717, 1.165) is 35.4 Å². The molecular formula is C23H24ClNO2. The number of halogens is 1. The number of pyridine rings is 1. The maximum atomic E-state index is 13.1. The number of ketones is 2. The van der Waals surface area contributed by atoms with Gasteiger partial charge in [0.1, 0.15) is 0 Å². The Morgan fingerprint density at radius 1 is 0.815 bits per heavy atom. The Hall–Kier alpha value is -2.00. The van der Waals surface area contributed by atoms with Crippen molar-refractivity contribution in [2.45, 2.75) is 53.4 Å². The van der Waals surface area contributed by atoms with E-state index >= 15 is 0 Å². The minimum atomic E-state index is -0.120. The molecule has 0 radical (unpaired) electrons. The van der Waals surface area contributed by atoms with E-state index in [1.54, 1.807) is 6.07 Å². The smallest absolute Gasteiger partial charge is 0.165 e. The molecule has 1 aromatic heterocycles. The first kappa shape index (κ1) is 18.4. The molecule has 0 aliphatic heterocycles. The number of carbonyl (C=O) groups excluding carboxylic acids is 2. The van der Waals surface area contributed by atoms with Crippen LogP contribution in [-0.2, 0) is 12.8 Å². The molecule has 3 nitrogen and oxygen atoms in total. The van der Waals surface area contributed by atoms with Crippen molar-refractivity contribution in [2.75, 3.05) is 0 Å². The van der Waals surface area contributed by atoms with Gasteiger partial charge in [0.05, 0.1) is 11.4 Å². The number of Topliss-reactive ketones (excluding diaryl/α,β-unsaturated/α-hetero) is 2. The number of fused-ring (bicyclic) bond motifs is 2. The predicted molar refractivity (Wildman–Crippen MR) is 108 cm³/mol. The Bertz CT molecular complexity index is 934. The van der Waals surface area contributed by atoms with Crippen LogP contribution in [-0.4, -0.2) is 16.6 Å². The van der Waals surface area contributed by atoms with Gasteiger partial charge in [-0.2, -0.15) is 0 Å². The third kappa shape index (κ3) is 3.23. The molecule has 0 bridgehead atoms. The molecule has 0 fully saturated rings. The Morgan fingerprint density at radius 2 is 1.33 bits per heavy atom. The van der Waals surface area contributed by atoms with Crippen LogP contribution in [0.25, 0.3) is 11.1 Å². The number of hydrogen-bond donors (Lipinski definition) is 0. The highest BCUT2D eigenvalue weighted by Gasteiger charge is 2.40. The fourth-order valence-corrected chi connectivity index (χ4v) is 4.75. The lowest BCUT2D eigenvalue weighted by atomic mass is 9.69. The van der Waals surface area contributed by atoms with Crippen molar-refractivity contribution >= 4 is 23.2 Å². The van der Waals surface area contributed by atoms with Crippen LogP contribution in [0.4, 0.5) is 0 Å². The van der Waals surface area contributed by atoms with Crippen molar-refractivity contribution < 1.29 is 9.59 Å². The van der Waals surface area contributed by atoms with E-state index in [1.807, 2.05) is 18.2 Å². The lowest BCUT2D eigenvalue weighted by molar-refractivity contribution is 0.0907. The zero-order chi connectivity index (χ0) is 19.6. The van der Waals surface area contributed by atoms with E-state index in [9.17, 15) is 9.59 Å². The molecule has 1 heterocycles. The molecule has 1 aromatic carbocycles. The first-order valence-corrected chi connectivity index (χ1v) is 9.82. The summed E-state index contributed by atoms with van der Waals surface area (Å²) in [6.45, 7) is 8.40. The van der Waals surface area contributed by atoms with E-state index in [-0.39, 0.29) is 22.4 Å². The van der Waals surface area contributed by atoms with Gasteiger partial charge in [0.2, 0.25) is 0 Å². The summed E-state index contributed by atoms with van der Waals surface area (Å²) in [6, 6.07) is 7.45. The minimum Gasteiger partial charge on any atom is -0.294 e. The number of aromatic nitrogens is 1. The first-order valence-electron chi connectivity index (χ1n) is 9.44. The van der Waals surface area contributed by atoms with E-state index in [1.165, 1.54) is 0 Å². The highest BCUT2D eigenvalue weighted by atomic mass is 35.5. The molecule has 0 unspecified atom stereocenters. The molecule has 140 valence electrons. The molecule has 0 spiro atoms. The second-order valence-corrected chi connectivity index (χ2v) is 9.96. The molecule has 2 aliphatic carbocycles. The summed E-state index contributed by atoms with van der Waals surface area (Å²) < 4.78 is 0. The molecule has 0 saturated carbocycles. The number of hydrogen-bond acceptors (Lipinski definition) is 3. The Kier molecular flexibility index (Phi) is 4.08. The molecule has 4 heteroatoms. The highest BCUT2D eigenvalue weighted by molar-refractivity contribution is 6.31. The van der Waals surface area contributed by atoms with E-state index in [0.29, 0.717) is 29.0 Å². The van der Waals surface area contributed by atoms with Crippen LogP contribution in [0.2, 0.25) is 5.02 Å². The monoisotopic (exact) mass is 381 g/mol. The summed E-state index contributed by atoms with van der Waals surface area (Å²) in [6.07, 6.45) is 2.41. The normalized spacial score (nSPS) is 20.2. The minimum absolute atomic E-state index is 0.0733.